The van der Waals surface area contributed by atoms with Crippen LogP contribution in [0.25, 0.3) is 0 Å². The fraction of sp³-hybridized carbons (Fsp3) is 0.294. The first kappa shape index (κ1) is 16.7. The summed E-state index contributed by atoms with van der Waals surface area (Å²) < 4.78 is 29.6. The van der Waals surface area contributed by atoms with Crippen molar-refractivity contribution in [1.82, 2.24) is 4.90 Å². The van der Waals surface area contributed by atoms with Crippen molar-refractivity contribution in [3.8, 4) is 0 Å². The van der Waals surface area contributed by atoms with Gasteiger partial charge in [0, 0.05) is 13.1 Å². The summed E-state index contributed by atoms with van der Waals surface area (Å²) in [5.74, 6) is 0. The highest BCUT2D eigenvalue weighted by molar-refractivity contribution is 7.85. The Balaban J connectivity index is 0.000000160. The topological polar surface area (TPSA) is 57.6 Å². The Morgan fingerprint density at radius 1 is 1.00 bits per heavy atom. The molecule has 0 saturated carbocycles. The first-order chi connectivity index (χ1) is 10.4. The van der Waals surface area contributed by atoms with E-state index in [2.05, 4.69) is 36.2 Å². The van der Waals surface area contributed by atoms with Gasteiger partial charge < -0.3 is 4.90 Å². The Labute approximate surface area is 132 Å². The Bertz CT molecular complexity index is 724. The van der Waals surface area contributed by atoms with Crippen LogP contribution in [0, 0.1) is 6.92 Å². The van der Waals surface area contributed by atoms with Gasteiger partial charge in [0.05, 0.1) is 4.90 Å². The van der Waals surface area contributed by atoms with E-state index < -0.39 is 10.1 Å². The second kappa shape index (κ2) is 7.05. The van der Waals surface area contributed by atoms with Crippen LogP contribution in [-0.2, 0) is 23.1 Å². The van der Waals surface area contributed by atoms with Crippen LogP contribution in [0.4, 0.5) is 0 Å². The molecular formula is C17H21NO3S. The Hall–Kier alpha value is -1.69. The molecule has 0 aliphatic carbocycles. The van der Waals surface area contributed by atoms with Crippen molar-refractivity contribution in [2.75, 3.05) is 13.6 Å². The molecule has 3 rings (SSSR count). The monoisotopic (exact) mass is 319 g/mol. The molecule has 0 aromatic heterocycles. The Morgan fingerprint density at radius 2 is 1.59 bits per heavy atom. The minimum Gasteiger partial charge on any atom is -0.302 e. The molecule has 0 unspecified atom stereocenters. The zero-order chi connectivity index (χ0) is 16.2. The van der Waals surface area contributed by atoms with Gasteiger partial charge in [0.25, 0.3) is 10.1 Å². The molecule has 0 fully saturated rings. The highest BCUT2D eigenvalue weighted by Crippen LogP contribution is 2.16. The van der Waals surface area contributed by atoms with Gasteiger partial charge in [0.15, 0.2) is 0 Å². The quantitative estimate of drug-likeness (QED) is 0.821. The maximum atomic E-state index is 10.5. The van der Waals surface area contributed by atoms with Gasteiger partial charge >= 0.3 is 0 Å². The van der Waals surface area contributed by atoms with Gasteiger partial charge in [-0.2, -0.15) is 8.42 Å². The van der Waals surface area contributed by atoms with Crippen LogP contribution in [0.1, 0.15) is 16.7 Å². The highest BCUT2D eigenvalue weighted by atomic mass is 32.2. The van der Waals surface area contributed by atoms with E-state index in [4.69, 9.17) is 4.55 Å². The van der Waals surface area contributed by atoms with Crippen LogP contribution < -0.4 is 0 Å². The summed E-state index contributed by atoms with van der Waals surface area (Å²) in [6.07, 6.45) is 1.21. The summed E-state index contributed by atoms with van der Waals surface area (Å²) in [5, 5.41) is 0. The summed E-state index contributed by atoms with van der Waals surface area (Å²) in [6, 6.07) is 14.7. The molecule has 2 aromatic carbocycles. The zero-order valence-corrected chi connectivity index (χ0v) is 13.7. The minimum atomic E-state index is -4.02. The van der Waals surface area contributed by atoms with Crippen molar-refractivity contribution in [2.24, 2.45) is 0 Å². The predicted octanol–water partition coefficient (Wildman–Crippen LogP) is 2.92. The second-order valence-electron chi connectivity index (χ2n) is 5.54. The molecule has 0 bridgehead atoms. The minimum absolute atomic E-state index is 0.0666. The number of nitrogens with zero attached hydrogens (tertiary/aromatic N) is 1. The molecule has 1 aliphatic rings. The van der Waals surface area contributed by atoms with Gasteiger partial charge in [-0.05, 0) is 43.7 Å². The van der Waals surface area contributed by atoms with Gasteiger partial charge in [0.2, 0.25) is 0 Å². The average Bonchev–Trinajstić information content (AvgIpc) is 2.47. The van der Waals surface area contributed by atoms with Gasteiger partial charge in [-0.3, -0.25) is 4.55 Å². The third kappa shape index (κ3) is 4.66. The second-order valence-corrected chi connectivity index (χ2v) is 6.97. The molecule has 0 amide bonds. The molecule has 22 heavy (non-hydrogen) atoms. The SMILES string of the molecule is CN1CCc2ccccc2C1.Cc1ccc(S(=O)(=O)O)cc1. The molecule has 5 heteroatoms. The lowest BCUT2D eigenvalue weighted by Crippen LogP contribution is -2.26. The van der Waals surface area contributed by atoms with Crippen LogP contribution in [0.5, 0.6) is 0 Å². The van der Waals surface area contributed by atoms with E-state index in [1.54, 1.807) is 12.1 Å². The standard InChI is InChI=1S/C10H13N.C7H8O3S/c1-11-7-6-9-4-2-3-5-10(9)8-11;1-6-2-4-7(5-3-6)11(8,9)10/h2-5H,6-8H2,1H3;2-5H,1H3,(H,8,9,10). The molecular weight excluding hydrogens is 298 g/mol. The molecule has 1 heterocycles. The zero-order valence-electron chi connectivity index (χ0n) is 12.9. The lowest BCUT2D eigenvalue weighted by Gasteiger charge is -2.24. The molecule has 0 spiro atoms. The number of hydrogen-bond acceptors (Lipinski definition) is 3. The molecule has 4 nitrogen and oxygen atoms in total. The number of benzene rings is 2. The first-order valence-corrected chi connectivity index (χ1v) is 8.60. The van der Waals surface area contributed by atoms with Crippen molar-refractivity contribution < 1.29 is 13.0 Å². The summed E-state index contributed by atoms with van der Waals surface area (Å²) in [5.41, 5.74) is 3.99. The largest absolute Gasteiger partial charge is 0.302 e. The molecule has 2 aromatic rings. The van der Waals surface area contributed by atoms with Crippen molar-refractivity contribution in [1.29, 1.82) is 0 Å². The Kier molecular flexibility index (Phi) is 5.34. The molecule has 118 valence electrons. The van der Waals surface area contributed by atoms with E-state index in [0.29, 0.717) is 0 Å². The molecule has 0 atom stereocenters. The number of rotatable bonds is 1. The molecule has 0 saturated heterocycles. The normalized spacial score (nSPS) is 14.7. The van der Waals surface area contributed by atoms with E-state index in [1.165, 1.54) is 36.2 Å². The van der Waals surface area contributed by atoms with Crippen LogP contribution in [0.15, 0.2) is 53.4 Å². The van der Waals surface area contributed by atoms with Crippen LogP contribution in [0.3, 0.4) is 0 Å². The smallest absolute Gasteiger partial charge is 0.294 e. The van der Waals surface area contributed by atoms with Crippen molar-refractivity contribution in [3.63, 3.8) is 0 Å². The number of fused-ring (bicyclic) bond motifs is 1. The number of likely N-dealkylation sites (N-methyl/N-ethyl adjacent to an activating group) is 1. The number of aryl methyl sites for hydroxylation is 1. The van der Waals surface area contributed by atoms with Gasteiger partial charge in [-0.1, -0.05) is 42.0 Å². The lowest BCUT2D eigenvalue weighted by molar-refractivity contribution is 0.313. The summed E-state index contributed by atoms with van der Waals surface area (Å²) in [7, 11) is -1.84. The summed E-state index contributed by atoms with van der Waals surface area (Å²) in [6.45, 7) is 4.17. The van der Waals surface area contributed by atoms with Crippen molar-refractivity contribution >= 4 is 10.1 Å². The van der Waals surface area contributed by atoms with E-state index in [1.807, 2.05) is 6.92 Å². The van der Waals surface area contributed by atoms with Crippen molar-refractivity contribution in [2.45, 2.75) is 24.8 Å². The van der Waals surface area contributed by atoms with E-state index in [9.17, 15) is 8.42 Å². The third-order valence-corrected chi connectivity index (χ3v) is 4.51. The third-order valence-electron chi connectivity index (χ3n) is 3.64. The van der Waals surface area contributed by atoms with Gasteiger partial charge in [-0.25, -0.2) is 0 Å². The van der Waals surface area contributed by atoms with Crippen LogP contribution in [0.2, 0.25) is 0 Å². The Morgan fingerprint density at radius 3 is 2.18 bits per heavy atom. The fourth-order valence-corrected chi connectivity index (χ4v) is 2.83. The van der Waals surface area contributed by atoms with E-state index in [-0.39, 0.29) is 4.90 Å². The molecule has 1 aliphatic heterocycles. The lowest BCUT2D eigenvalue weighted by atomic mass is 10.0. The van der Waals surface area contributed by atoms with Gasteiger partial charge in [-0.15, -0.1) is 0 Å². The summed E-state index contributed by atoms with van der Waals surface area (Å²) >= 11 is 0. The van der Waals surface area contributed by atoms with Crippen LogP contribution >= 0.6 is 0 Å². The van der Waals surface area contributed by atoms with Crippen LogP contribution in [-0.4, -0.2) is 31.5 Å². The number of hydrogen-bond donors (Lipinski definition) is 1. The van der Waals surface area contributed by atoms with E-state index in [0.717, 1.165) is 12.1 Å². The van der Waals surface area contributed by atoms with Crippen molar-refractivity contribution in [3.05, 3.63) is 65.2 Å². The predicted molar refractivity (Wildman–Crippen MR) is 87.5 cm³/mol. The fourth-order valence-electron chi connectivity index (χ4n) is 2.35. The average molecular weight is 319 g/mol. The molecule has 1 N–H and O–H groups in total. The highest BCUT2D eigenvalue weighted by Gasteiger charge is 2.10. The van der Waals surface area contributed by atoms with Gasteiger partial charge in [0.1, 0.15) is 0 Å². The maximum Gasteiger partial charge on any atom is 0.294 e. The maximum absolute atomic E-state index is 10.5. The first-order valence-electron chi connectivity index (χ1n) is 7.16. The molecule has 0 radical (unpaired) electrons. The van der Waals surface area contributed by atoms with E-state index >= 15 is 0 Å². The summed E-state index contributed by atoms with van der Waals surface area (Å²) in [4.78, 5) is 2.30.